The molecule has 0 fully saturated rings. The number of halogens is 1. The molecule has 2 aromatic heterocycles. The van der Waals surface area contributed by atoms with Gasteiger partial charge in [0.2, 0.25) is 0 Å². The highest BCUT2D eigenvalue weighted by atomic mass is 35.5. The number of fused-ring (bicyclic) bond motifs is 1. The van der Waals surface area contributed by atoms with Gasteiger partial charge in [0.05, 0.1) is 18.2 Å². The van der Waals surface area contributed by atoms with Crippen LogP contribution in [-0.4, -0.2) is 17.5 Å². The molecule has 4 heteroatoms. The number of hydrogen-bond acceptors (Lipinski definition) is 2. The fraction of sp³-hybridized carbons (Fsp3) is 0.118. The molecule has 0 amide bonds. The Labute approximate surface area is 127 Å². The van der Waals surface area contributed by atoms with Gasteiger partial charge in [-0.3, -0.25) is 0 Å². The van der Waals surface area contributed by atoms with Crippen LogP contribution in [0.25, 0.3) is 16.6 Å². The zero-order valence-corrected chi connectivity index (χ0v) is 12.5. The van der Waals surface area contributed by atoms with Crippen molar-refractivity contribution in [3.8, 4) is 11.1 Å². The molecule has 0 unspecified atom stereocenters. The normalized spacial score (nSPS) is 10.8. The molecule has 0 saturated heterocycles. The highest BCUT2D eigenvalue weighted by Gasteiger charge is 2.20. The topological polar surface area (TPSA) is 30.7 Å². The summed E-state index contributed by atoms with van der Waals surface area (Å²) in [5.41, 5.74) is 4.21. The Hall–Kier alpha value is -2.26. The standard InChI is InChI=1S/C17H14ClNO2/c1-11-6-8-12(9-7-11)13-10-19-14(4-3-5-15(19)18)16(13)17(20)21-2/h3-10H,1-2H3. The van der Waals surface area contributed by atoms with E-state index >= 15 is 0 Å². The van der Waals surface area contributed by atoms with Crippen LogP contribution in [0.2, 0.25) is 5.15 Å². The predicted octanol–water partition coefficient (Wildman–Crippen LogP) is 4.35. The van der Waals surface area contributed by atoms with Crippen molar-refractivity contribution in [2.75, 3.05) is 7.11 Å². The molecule has 21 heavy (non-hydrogen) atoms. The first kappa shape index (κ1) is 13.7. The molecule has 0 spiro atoms. The van der Waals surface area contributed by atoms with E-state index in [0.717, 1.165) is 16.6 Å². The van der Waals surface area contributed by atoms with E-state index in [9.17, 15) is 4.79 Å². The van der Waals surface area contributed by atoms with E-state index < -0.39 is 0 Å². The largest absolute Gasteiger partial charge is 0.465 e. The van der Waals surface area contributed by atoms with Crippen LogP contribution in [0.3, 0.4) is 0 Å². The van der Waals surface area contributed by atoms with Crippen LogP contribution in [0.15, 0.2) is 48.7 Å². The molecule has 106 valence electrons. The third-order valence-corrected chi connectivity index (χ3v) is 3.82. The lowest BCUT2D eigenvalue weighted by Gasteiger charge is -2.04. The van der Waals surface area contributed by atoms with Crippen molar-refractivity contribution >= 4 is 23.1 Å². The first-order valence-electron chi connectivity index (χ1n) is 6.56. The maximum absolute atomic E-state index is 12.2. The number of methoxy groups -OCH3 is 1. The van der Waals surface area contributed by atoms with Gasteiger partial charge in [-0.15, -0.1) is 0 Å². The zero-order chi connectivity index (χ0) is 15.0. The lowest BCUT2D eigenvalue weighted by atomic mass is 10.0. The number of benzene rings is 1. The molecule has 0 aliphatic carbocycles. The van der Waals surface area contributed by atoms with Gasteiger partial charge in [-0.1, -0.05) is 47.5 Å². The van der Waals surface area contributed by atoms with E-state index in [4.69, 9.17) is 16.3 Å². The molecular weight excluding hydrogens is 286 g/mol. The molecule has 0 aliphatic heterocycles. The number of carbonyl (C=O) groups excluding carboxylic acids is 1. The third kappa shape index (κ3) is 2.30. The number of aryl methyl sites for hydroxylation is 1. The van der Waals surface area contributed by atoms with Crippen molar-refractivity contribution in [1.29, 1.82) is 0 Å². The fourth-order valence-electron chi connectivity index (χ4n) is 2.43. The second kappa shape index (κ2) is 5.26. The van der Waals surface area contributed by atoms with Gasteiger partial charge in [0, 0.05) is 11.8 Å². The smallest absolute Gasteiger partial charge is 0.340 e. The van der Waals surface area contributed by atoms with E-state index in [1.165, 1.54) is 12.7 Å². The second-order valence-corrected chi connectivity index (χ2v) is 5.27. The average molecular weight is 300 g/mol. The highest BCUT2D eigenvalue weighted by Crippen LogP contribution is 2.31. The van der Waals surface area contributed by atoms with Crippen molar-refractivity contribution in [2.24, 2.45) is 0 Å². The number of nitrogens with zero attached hydrogens (tertiary/aromatic N) is 1. The Balaban J connectivity index is 2.33. The van der Waals surface area contributed by atoms with Crippen LogP contribution >= 0.6 is 11.6 Å². The van der Waals surface area contributed by atoms with Gasteiger partial charge in [0.25, 0.3) is 0 Å². The molecule has 0 atom stereocenters. The summed E-state index contributed by atoms with van der Waals surface area (Å²) >= 11 is 6.21. The summed E-state index contributed by atoms with van der Waals surface area (Å²) < 4.78 is 6.73. The molecule has 0 radical (unpaired) electrons. The summed E-state index contributed by atoms with van der Waals surface area (Å²) in [5, 5.41) is 0.552. The number of carbonyl (C=O) groups is 1. The molecule has 0 aliphatic rings. The number of ether oxygens (including phenoxy) is 1. The summed E-state index contributed by atoms with van der Waals surface area (Å²) in [5.74, 6) is -0.365. The lowest BCUT2D eigenvalue weighted by Crippen LogP contribution is -2.02. The van der Waals surface area contributed by atoms with Gasteiger partial charge >= 0.3 is 5.97 Å². The minimum atomic E-state index is -0.365. The Bertz CT molecular complexity index is 819. The van der Waals surface area contributed by atoms with Crippen LogP contribution in [0.1, 0.15) is 15.9 Å². The minimum absolute atomic E-state index is 0.365. The summed E-state index contributed by atoms with van der Waals surface area (Å²) in [7, 11) is 1.38. The zero-order valence-electron chi connectivity index (χ0n) is 11.8. The number of hydrogen-bond donors (Lipinski definition) is 0. The summed E-state index contributed by atoms with van der Waals surface area (Å²) in [4.78, 5) is 12.2. The molecule has 3 aromatic rings. The number of rotatable bonds is 2. The van der Waals surface area contributed by atoms with Crippen LogP contribution < -0.4 is 0 Å². The Kier molecular flexibility index (Phi) is 3.43. The Morgan fingerprint density at radius 1 is 1.14 bits per heavy atom. The van der Waals surface area contributed by atoms with E-state index in [1.54, 1.807) is 10.5 Å². The molecule has 3 rings (SSSR count). The van der Waals surface area contributed by atoms with Crippen molar-refractivity contribution in [3.63, 3.8) is 0 Å². The van der Waals surface area contributed by atoms with Crippen molar-refractivity contribution < 1.29 is 9.53 Å². The van der Waals surface area contributed by atoms with Crippen molar-refractivity contribution in [3.05, 3.63) is 64.9 Å². The Morgan fingerprint density at radius 3 is 2.52 bits per heavy atom. The van der Waals surface area contributed by atoms with Gasteiger partial charge in [-0.05, 0) is 24.6 Å². The van der Waals surface area contributed by atoms with E-state index in [0.29, 0.717) is 10.7 Å². The molecule has 2 heterocycles. The van der Waals surface area contributed by atoms with E-state index in [2.05, 4.69) is 0 Å². The molecule has 0 bridgehead atoms. The van der Waals surface area contributed by atoms with Crippen LogP contribution in [0.5, 0.6) is 0 Å². The van der Waals surface area contributed by atoms with E-state index in [1.807, 2.05) is 49.5 Å². The van der Waals surface area contributed by atoms with Gasteiger partial charge in [0.15, 0.2) is 0 Å². The monoisotopic (exact) mass is 299 g/mol. The first-order chi connectivity index (χ1) is 10.1. The summed E-state index contributed by atoms with van der Waals surface area (Å²) in [6.45, 7) is 2.03. The fourth-order valence-corrected chi connectivity index (χ4v) is 2.64. The summed E-state index contributed by atoms with van der Waals surface area (Å²) in [6.07, 6.45) is 1.87. The van der Waals surface area contributed by atoms with Crippen LogP contribution in [-0.2, 0) is 4.74 Å². The lowest BCUT2D eigenvalue weighted by molar-refractivity contribution is 0.0604. The maximum atomic E-state index is 12.2. The van der Waals surface area contributed by atoms with E-state index in [-0.39, 0.29) is 5.97 Å². The Morgan fingerprint density at radius 2 is 1.86 bits per heavy atom. The van der Waals surface area contributed by atoms with Gasteiger partial charge < -0.3 is 9.14 Å². The van der Waals surface area contributed by atoms with Gasteiger partial charge in [0.1, 0.15) is 5.15 Å². The quantitative estimate of drug-likeness (QED) is 0.520. The molecule has 0 saturated carbocycles. The SMILES string of the molecule is COC(=O)c1c(-c2ccc(C)cc2)cn2c(Cl)cccc12. The first-order valence-corrected chi connectivity index (χ1v) is 6.94. The van der Waals surface area contributed by atoms with Crippen LogP contribution in [0, 0.1) is 6.92 Å². The van der Waals surface area contributed by atoms with Crippen molar-refractivity contribution in [1.82, 2.24) is 4.40 Å². The third-order valence-electron chi connectivity index (χ3n) is 3.51. The minimum Gasteiger partial charge on any atom is -0.465 e. The maximum Gasteiger partial charge on any atom is 0.340 e. The molecule has 1 aromatic carbocycles. The molecular formula is C17H14ClNO2. The second-order valence-electron chi connectivity index (χ2n) is 4.88. The average Bonchev–Trinajstić information content (AvgIpc) is 2.88. The highest BCUT2D eigenvalue weighted by molar-refractivity contribution is 6.30. The predicted molar refractivity (Wildman–Crippen MR) is 83.9 cm³/mol. The number of aromatic nitrogens is 1. The summed E-state index contributed by atoms with van der Waals surface area (Å²) in [6, 6.07) is 13.5. The molecule has 3 nitrogen and oxygen atoms in total. The molecule has 0 N–H and O–H groups in total. The van der Waals surface area contributed by atoms with Gasteiger partial charge in [-0.25, -0.2) is 4.79 Å². The number of pyridine rings is 1. The number of esters is 1. The van der Waals surface area contributed by atoms with Gasteiger partial charge in [-0.2, -0.15) is 0 Å². The van der Waals surface area contributed by atoms with Crippen LogP contribution in [0.4, 0.5) is 0 Å². The van der Waals surface area contributed by atoms with Crippen molar-refractivity contribution in [2.45, 2.75) is 6.92 Å².